The number of sulfonamides is 1. The number of aromatic nitrogens is 2. The Balaban J connectivity index is 0.00000101. The number of phenolic OH excluding ortho intramolecular Hbond substituents is 1. The van der Waals surface area contributed by atoms with Crippen LogP contribution >= 0.6 is 0 Å². The van der Waals surface area contributed by atoms with Crippen LogP contribution in [0.15, 0.2) is 30.6 Å². The summed E-state index contributed by atoms with van der Waals surface area (Å²) < 4.78 is 38.9. The van der Waals surface area contributed by atoms with Crippen molar-refractivity contribution in [2.24, 2.45) is 5.92 Å². The molecule has 2 N–H and O–H groups in total. The number of carbonyl (C=O) groups is 1. The van der Waals surface area contributed by atoms with Gasteiger partial charge in [0.05, 0.1) is 31.6 Å². The Kier molecular flexibility index (Phi) is 8.21. The zero-order valence-corrected chi connectivity index (χ0v) is 17.9. The molecular formula is C19H27N3O7S. The van der Waals surface area contributed by atoms with E-state index in [1.54, 1.807) is 24.4 Å². The van der Waals surface area contributed by atoms with Crippen LogP contribution in [0.25, 0.3) is 11.4 Å². The van der Waals surface area contributed by atoms with Crippen molar-refractivity contribution in [1.29, 1.82) is 0 Å². The van der Waals surface area contributed by atoms with E-state index >= 15 is 0 Å². The molecule has 30 heavy (non-hydrogen) atoms. The number of nitrogens with zero attached hydrogens (tertiary/aromatic N) is 3. The van der Waals surface area contributed by atoms with Crippen LogP contribution in [0.4, 0.5) is 0 Å². The van der Waals surface area contributed by atoms with E-state index in [0.717, 1.165) is 5.56 Å². The van der Waals surface area contributed by atoms with Crippen LogP contribution in [-0.4, -0.2) is 78.6 Å². The van der Waals surface area contributed by atoms with Crippen LogP contribution in [0, 0.1) is 5.92 Å². The van der Waals surface area contributed by atoms with Crippen molar-refractivity contribution in [3.63, 3.8) is 0 Å². The molecule has 1 aliphatic rings. The smallest absolute Gasteiger partial charge is 0.290 e. The highest BCUT2D eigenvalue weighted by molar-refractivity contribution is 7.89. The summed E-state index contributed by atoms with van der Waals surface area (Å²) >= 11 is 0. The minimum Gasteiger partial charge on any atom is -0.504 e. The fourth-order valence-electron chi connectivity index (χ4n) is 3.20. The molecule has 2 atom stereocenters. The molecule has 1 aromatic carbocycles. The first kappa shape index (κ1) is 23.6. The molecule has 0 saturated carbocycles. The molecule has 11 heteroatoms. The van der Waals surface area contributed by atoms with Gasteiger partial charge in [-0.2, -0.15) is 0 Å². The topological polar surface area (TPSA) is 131 Å². The van der Waals surface area contributed by atoms with Crippen LogP contribution in [0.5, 0.6) is 11.5 Å². The summed E-state index contributed by atoms with van der Waals surface area (Å²) in [6.07, 6.45) is 3.51. The highest BCUT2D eigenvalue weighted by Gasteiger charge is 2.35. The first-order chi connectivity index (χ1) is 14.2. The first-order valence-corrected chi connectivity index (χ1v) is 10.9. The molecule has 166 valence electrons. The molecule has 1 aromatic heterocycles. The van der Waals surface area contributed by atoms with Crippen LogP contribution in [0.2, 0.25) is 0 Å². The van der Waals surface area contributed by atoms with Crippen LogP contribution in [0.1, 0.15) is 13.0 Å². The van der Waals surface area contributed by atoms with E-state index in [2.05, 4.69) is 4.98 Å². The molecule has 0 unspecified atom stereocenters. The van der Waals surface area contributed by atoms with Gasteiger partial charge in [0, 0.05) is 38.0 Å². The zero-order chi connectivity index (χ0) is 22.3. The quantitative estimate of drug-likeness (QED) is 0.617. The molecule has 0 amide bonds. The second-order valence-corrected chi connectivity index (χ2v) is 9.03. The molecule has 1 aliphatic heterocycles. The van der Waals surface area contributed by atoms with E-state index in [1.165, 1.54) is 18.4 Å². The van der Waals surface area contributed by atoms with Gasteiger partial charge in [-0.05, 0) is 25.1 Å². The van der Waals surface area contributed by atoms with Gasteiger partial charge in [0.15, 0.2) is 11.5 Å². The molecule has 10 nitrogen and oxygen atoms in total. The fourth-order valence-corrected chi connectivity index (χ4v) is 4.36. The number of carboxylic acid groups (broad SMARTS) is 1. The molecule has 2 aromatic rings. The van der Waals surface area contributed by atoms with E-state index in [0.29, 0.717) is 31.4 Å². The average molecular weight is 442 g/mol. The number of rotatable bonds is 7. The zero-order valence-electron chi connectivity index (χ0n) is 17.1. The normalized spacial score (nSPS) is 18.7. The number of hydrogen-bond acceptors (Lipinski definition) is 7. The summed E-state index contributed by atoms with van der Waals surface area (Å²) in [4.78, 5) is 12.8. The van der Waals surface area contributed by atoms with Crippen molar-refractivity contribution in [2.45, 2.75) is 13.0 Å². The summed E-state index contributed by atoms with van der Waals surface area (Å²) in [6, 6.07) is 4.93. The van der Waals surface area contributed by atoms with Gasteiger partial charge in [-0.3, -0.25) is 4.79 Å². The van der Waals surface area contributed by atoms with Gasteiger partial charge in [0.25, 0.3) is 6.47 Å². The van der Waals surface area contributed by atoms with Crippen molar-refractivity contribution >= 4 is 16.5 Å². The lowest BCUT2D eigenvalue weighted by atomic mass is 10.1. The third-order valence-electron chi connectivity index (χ3n) is 4.69. The molecule has 2 heterocycles. The van der Waals surface area contributed by atoms with Gasteiger partial charge in [0.2, 0.25) is 10.0 Å². The Labute approximate surface area is 175 Å². The Bertz CT molecular complexity index is 943. The number of aromatic hydroxyl groups is 1. The third-order valence-corrected chi connectivity index (χ3v) is 6.65. The lowest BCUT2D eigenvalue weighted by Gasteiger charge is -2.22. The molecule has 0 spiro atoms. The van der Waals surface area contributed by atoms with Crippen molar-refractivity contribution in [2.75, 3.05) is 39.7 Å². The highest BCUT2D eigenvalue weighted by Crippen LogP contribution is 2.35. The van der Waals surface area contributed by atoms with E-state index in [1.807, 2.05) is 17.7 Å². The maximum atomic E-state index is 12.3. The molecular weight excluding hydrogens is 414 g/mol. The van der Waals surface area contributed by atoms with E-state index in [-0.39, 0.29) is 29.9 Å². The number of benzene rings is 1. The monoisotopic (exact) mass is 441 g/mol. The second kappa shape index (κ2) is 10.4. The summed E-state index contributed by atoms with van der Waals surface area (Å²) in [5.74, 6) is 0.978. The average Bonchev–Trinajstić information content (AvgIpc) is 3.33. The van der Waals surface area contributed by atoms with Gasteiger partial charge < -0.3 is 24.3 Å². The summed E-state index contributed by atoms with van der Waals surface area (Å²) in [7, 11) is -0.264. The minimum absolute atomic E-state index is 0.0159. The molecule has 0 aliphatic carbocycles. The van der Waals surface area contributed by atoms with Gasteiger partial charge in [-0.1, -0.05) is 0 Å². The van der Waals surface area contributed by atoms with Crippen LogP contribution < -0.4 is 4.74 Å². The Morgan fingerprint density at radius 1 is 1.37 bits per heavy atom. The molecule has 0 bridgehead atoms. The number of phenols is 1. The van der Waals surface area contributed by atoms with Crippen molar-refractivity contribution in [3.8, 4) is 22.9 Å². The number of imidazole rings is 1. The van der Waals surface area contributed by atoms with Gasteiger partial charge in [-0.25, -0.2) is 17.7 Å². The predicted molar refractivity (Wildman–Crippen MR) is 110 cm³/mol. The van der Waals surface area contributed by atoms with Crippen LogP contribution in [0.3, 0.4) is 0 Å². The minimum atomic E-state index is -3.34. The Hall–Kier alpha value is -2.63. The second-order valence-electron chi connectivity index (χ2n) is 6.80. The van der Waals surface area contributed by atoms with Gasteiger partial charge >= 0.3 is 0 Å². The third kappa shape index (κ3) is 5.49. The van der Waals surface area contributed by atoms with Crippen molar-refractivity contribution < 1.29 is 32.9 Å². The Morgan fingerprint density at radius 2 is 2.07 bits per heavy atom. The Morgan fingerprint density at radius 3 is 2.70 bits per heavy atom. The maximum absolute atomic E-state index is 12.3. The molecule has 3 rings (SSSR count). The predicted octanol–water partition coefficient (Wildman–Crippen LogP) is 1.43. The lowest BCUT2D eigenvalue weighted by Crippen LogP contribution is -2.32. The largest absolute Gasteiger partial charge is 0.504 e. The SMILES string of the molecule is CCOc1cc(-c2nccn2[C@@H]2COC[C@@H]2CS(=O)(=O)N(C)C)ccc1O.O=CO. The molecule has 1 saturated heterocycles. The van der Waals surface area contributed by atoms with E-state index in [9.17, 15) is 13.5 Å². The van der Waals surface area contributed by atoms with E-state index < -0.39 is 10.0 Å². The van der Waals surface area contributed by atoms with Gasteiger partial charge in [-0.15, -0.1) is 0 Å². The number of hydrogen-bond donors (Lipinski definition) is 2. The van der Waals surface area contributed by atoms with E-state index in [4.69, 9.17) is 19.4 Å². The summed E-state index contributed by atoms with van der Waals surface area (Å²) in [5.41, 5.74) is 0.780. The van der Waals surface area contributed by atoms with Gasteiger partial charge in [0.1, 0.15) is 5.82 Å². The summed E-state index contributed by atoms with van der Waals surface area (Å²) in [6.45, 7) is 2.84. The lowest BCUT2D eigenvalue weighted by molar-refractivity contribution is -0.122. The maximum Gasteiger partial charge on any atom is 0.290 e. The molecule has 0 radical (unpaired) electrons. The standard InChI is InChI=1S/C18H25N3O5S.CH2O2/c1-4-26-17-9-13(5-6-16(17)22)18-19-7-8-21(18)15-11-25-10-14(15)12-27(23,24)20(2)3;2-1-3/h5-9,14-15,22H,4,10-12H2,1-3H3;1H,(H,2,3)/t14-,15-;/m1./s1. The highest BCUT2D eigenvalue weighted by atomic mass is 32.2. The van der Waals surface area contributed by atoms with Crippen molar-refractivity contribution in [3.05, 3.63) is 30.6 Å². The van der Waals surface area contributed by atoms with Crippen LogP contribution in [-0.2, 0) is 19.6 Å². The fraction of sp³-hybridized carbons (Fsp3) is 0.474. The summed E-state index contributed by atoms with van der Waals surface area (Å²) in [5, 5.41) is 16.8. The molecule has 1 fully saturated rings. The first-order valence-electron chi connectivity index (χ1n) is 9.30. The van der Waals surface area contributed by atoms with Crippen molar-refractivity contribution in [1.82, 2.24) is 13.9 Å². The number of ether oxygens (including phenoxy) is 2.